The molecule has 2 aromatic heterocycles. The van der Waals surface area contributed by atoms with Gasteiger partial charge in [-0.1, -0.05) is 176 Å². The average Bonchev–Trinajstić information content (AvgIpc) is 3.45. The molecule has 1 atom stereocenters. The Labute approximate surface area is 321 Å². The fraction of sp³-hybridized carbons (Fsp3) is 0.0577. The van der Waals surface area contributed by atoms with E-state index in [2.05, 4.69) is 182 Å². The van der Waals surface area contributed by atoms with E-state index in [1.165, 1.54) is 33.2 Å². The zero-order valence-electron chi connectivity index (χ0n) is 30.3. The summed E-state index contributed by atoms with van der Waals surface area (Å²) in [6.07, 6.45) is 2.00. The number of para-hydroxylation sites is 1. The van der Waals surface area contributed by atoms with Gasteiger partial charge in [-0.05, 0) is 64.4 Å². The fourth-order valence-corrected chi connectivity index (χ4v) is 8.29. The Morgan fingerprint density at radius 3 is 1.76 bits per heavy atom. The maximum Gasteiger partial charge on any atom is 0.160 e. The topological polar surface area (TPSA) is 38.7 Å². The Bertz CT molecular complexity index is 2790. The van der Waals surface area contributed by atoms with Gasteiger partial charge in [-0.2, -0.15) is 0 Å². The van der Waals surface area contributed by atoms with E-state index in [0.717, 1.165) is 68.8 Å². The number of nitrogens with zero attached hydrogens (tertiary/aromatic N) is 3. The standard InChI is InChI=1S/C52H37N3/c1-4-15-35(16-5-1)40-21-14-22-41(33-40)52-54-48(37-19-8-3-9-20-37)34-49(55-52)38-27-29-39(30-28-38)51-50-45-25-11-10-23-43(45)42(36-17-6-2-7-18-36)31-32-46(50)44-24-12-13-26-47(44)53-51/h1-30,33-34,42H,31-32H2. The summed E-state index contributed by atoms with van der Waals surface area (Å²) in [6.45, 7) is 0. The second-order valence-corrected chi connectivity index (χ2v) is 14.3. The number of aromatic nitrogens is 3. The summed E-state index contributed by atoms with van der Waals surface area (Å²) in [4.78, 5) is 15.7. The summed E-state index contributed by atoms with van der Waals surface area (Å²) in [7, 11) is 0. The van der Waals surface area contributed by atoms with Crippen LogP contribution < -0.4 is 0 Å². The van der Waals surface area contributed by atoms with E-state index in [1.807, 2.05) is 12.1 Å². The molecule has 1 aliphatic rings. The van der Waals surface area contributed by atoms with E-state index in [-0.39, 0.29) is 0 Å². The van der Waals surface area contributed by atoms with Gasteiger partial charge >= 0.3 is 0 Å². The highest BCUT2D eigenvalue weighted by molar-refractivity contribution is 5.97. The van der Waals surface area contributed by atoms with Crippen molar-refractivity contribution in [2.24, 2.45) is 0 Å². The van der Waals surface area contributed by atoms with Crippen LogP contribution in [0.15, 0.2) is 194 Å². The number of hydrogen-bond acceptors (Lipinski definition) is 3. The molecule has 0 saturated heterocycles. The van der Waals surface area contributed by atoms with Crippen molar-refractivity contribution in [2.75, 3.05) is 0 Å². The largest absolute Gasteiger partial charge is 0.247 e. The molecule has 3 nitrogen and oxygen atoms in total. The molecular formula is C52H37N3. The lowest BCUT2D eigenvalue weighted by Crippen LogP contribution is -2.01. The van der Waals surface area contributed by atoms with Crippen LogP contribution in [-0.4, -0.2) is 15.0 Å². The highest BCUT2D eigenvalue weighted by Gasteiger charge is 2.28. The predicted octanol–water partition coefficient (Wildman–Crippen LogP) is 13.1. The Morgan fingerprint density at radius 1 is 0.418 bits per heavy atom. The molecule has 0 radical (unpaired) electrons. The van der Waals surface area contributed by atoms with Crippen LogP contribution in [0.2, 0.25) is 0 Å². The Morgan fingerprint density at radius 2 is 1.00 bits per heavy atom. The normalized spacial score (nSPS) is 13.5. The number of benzene rings is 7. The van der Waals surface area contributed by atoms with Crippen molar-refractivity contribution < 1.29 is 0 Å². The molecule has 9 aromatic rings. The van der Waals surface area contributed by atoms with Gasteiger partial charge in [0.1, 0.15) is 0 Å². The van der Waals surface area contributed by atoms with Crippen molar-refractivity contribution in [3.63, 3.8) is 0 Å². The summed E-state index contributed by atoms with van der Waals surface area (Å²) in [5.74, 6) is 1.00. The molecule has 55 heavy (non-hydrogen) atoms. The first kappa shape index (κ1) is 32.7. The first-order valence-electron chi connectivity index (χ1n) is 19.0. The molecule has 10 rings (SSSR count). The van der Waals surface area contributed by atoms with E-state index in [4.69, 9.17) is 15.0 Å². The molecule has 260 valence electrons. The molecule has 0 bridgehead atoms. The first-order chi connectivity index (χ1) is 27.3. The molecule has 0 amide bonds. The van der Waals surface area contributed by atoms with Crippen LogP contribution in [0.3, 0.4) is 0 Å². The molecule has 0 saturated carbocycles. The van der Waals surface area contributed by atoms with Gasteiger partial charge in [0.25, 0.3) is 0 Å². The highest BCUT2D eigenvalue weighted by Crippen LogP contribution is 2.47. The van der Waals surface area contributed by atoms with E-state index in [0.29, 0.717) is 11.7 Å². The summed E-state index contributed by atoms with van der Waals surface area (Å²) in [6, 6.07) is 68.8. The van der Waals surface area contributed by atoms with Crippen molar-refractivity contribution in [3.8, 4) is 67.4 Å². The van der Waals surface area contributed by atoms with E-state index >= 15 is 0 Å². The minimum Gasteiger partial charge on any atom is -0.247 e. The van der Waals surface area contributed by atoms with Crippen LogP contribution >= 0.6 is 0 Å². The molecule has 2 heterocycles. The predicted molar refractivity (Wildman–Crippen MR) is 227 cm³/mol. The van der Waals surface area contributed by atoms with Gasteiger partial charge in [0, 0.05) is 39.1 Å². The summed E-state index contributed by atoms with van der Waals surface area (Å²) < 4.78 is 0. The van der Waals surface area contributed by atoms with Gasteiger partial charge < -0.3 is 0 Å². The minimum atomic E-state index is 0.304. The van der Waals surface area contributed by atoms with Gasteiger partial charge in [-0.25, -0.2) is 15.0 Å². The third-order valence-electron chi connectivity index (χ3n) is 11.0. The van der Waals surface area contributed by atoms with Crippen LogP contribution in [0.1, 0.15) is 29.0 Å². The number of pyridine rings is 1. The van der Waals surface area contributed by atoms with Crippen molar-refractivity contribution in [3.05, 3.63) is 211 Å². The lowest BCUT2D eigenvalue weighted by Gasteiger charge is -2.19. The minimum absolute atomic E-state index is 0.304. The summed E-state index contributed by atoms with van der Waals surface area (Å²) >= 11 is 0. The zero-order valence-corrected chi connectivity index (χ0v) is 30.3. The number of hydrogen-bond donors (Lipinski definition) is 0. The fourth-order valence-electron chi connectivity index (χ4n) is 8.29. The van der Waals surface area contributed by atoms with Crippen molar-refractivity contribution in [2.45, 2.75) is 18.8 Å². The first-order valence-corrected chi connectivity index (χ1v) is 19.0. The van der Waals surface area contributed by atoms with Gasteiger partial charge in [0.2, 0.25) is 0 Å². The molecule has 0 N–H and O–H groups in total. The second-order valence-electron chi connectivity index (χ2n) is 14.3. The molecule has 7 aromatic carbocycles. The smallest absolute Gasteiger partial charge is 0.160 e. The van der Waals surface area contributed by atoms with Gasteiger partial charge in [-0.3, -0.25) is 0 Å². The Hall–Kier alpha value is -6.97. The van der Waals surface area contributed by atoms with Crippen molar-refractivity contribution in [1.29, 1.82) is 0 Å². The monoisotopic (exact) mass is 703 g/mol. The molecule has 1 aliphatic carbocycles. The quantitative estimate of drug-likeness (QED) is 0.173. The van der Waals surface area contributed by atoms with Gasteiger partial charge in [0.05, 0.1) is 22.6 Å². The van der Waals surface area contributed by atoms with Crippen LogP contribution in [-0.2, 0) is 6.42 Å². The lowest BCUT2D eigenvalue weighted by molar-refractivity contribution is 0.728. The molecular weight excluding hydrogens is 667 g/mol. The van der Waals surface area contributed by atoms with Gasteiger partial charge in [0.15, 0.2) is 5.82 Å². The third kappa shape index (κ3) is 6.20. The van der Waals surface area contributed by atoms with Crippen molar-refractivity contribution >= 4 is 10.9 Å². The second kappa shape index (κ2) is 14.1. The van der Waals surface area contributed by atoms with E-state index in [1.54, 1.807) is 0 Å². The van der Waals surface area contributed by atoms with E-state index in [9.17, 15) is 0 Å². The maximum absolute atomic E-state index is 5.41. The highest BCUT2D eigenvalue weighted by atomic mass is 14.9. The van der Waals surface area contributed by atoms with Crippen LogP contribution in [0.25, 0.3) is 78.3 Å². The number of rotatable bonds is 6. The lowest BCUT2D eigenvalue weighted by atomic mass is 9.85. The Balaban J connectivity index is 1.10. The zero-order chi connectivity index (χ0) is 36.6. The molecule has 0 aliphatic heterocycles. The number of fused-ring (bicyclic) bond motifs is 5. The maximum atomic E-state index is 5.41. The summed E-state index contributed by atoms with van der Waals surface area (Å²) in [5.41, 5.74) is 16.9. The molecule has 3 heteroatoms. The SMILES string of the molecule is c1ccc(-c2cccc(-c3nc(-c4ccccc4)cc(-c4ccc(-c5nc6ccccc6c6c5-c5ccccc5C(c5ccccc5)CC6)cc4)n3)c2)cc1. The molecule has 0 spiro atoms. The average molecular weight is 704 g/mol. The van der Waals surface area contributed by atoms with Crippen LogP contribution in [0.4, 0.5) is 0 Å². The molecule has 1 unspecified atom stereocenters. The molecule has 0 fully saturated rings. The number of aryl methyl sites for hydroxylation is 1. The third-order valence-corrected chi connectivity index (χ3v) is 11.0. The van der Waals surface area contributed by atoms with Crippen molar-refractivity contribution in [1.82, 2.24) is 15.0 Å². The van der Waals surface area contributed by atoms with Gasteiger partial charge in [-0.15, -0.1) is 0 Å². The Kier molecular flexibility index (Phi) is 8.38. The van der Waals surface area contributed by atoms with Crippen LogP contribution in [0, 0.1) is 0 Å². The van der Waals surface area contributed by atoms with E-state index < -0.39 is 0 Å². The van der Waals surface area contributed by atoms with Crippen LogP contribution in [0.5, 0.6) is 0 Å². The summed E-state index contributed by atoms with van der Waals surface area (Å²) in [5, 5.41) is 1.24.